The number of rotatable bonds is 7. The number of aromatic nitrogens is 2. The maximum atomic E-state index is 12.2. The molecule has 0 unspecified atom stereocenters. The molecule has 22 heavy (non-hydrogen) atoms. The van der Waals surface area contributed by atoms with E-state index in [0.29, 0.717) is 18.2 Å². The summed E-state index contributed by atoms with van der Waals surface area (Å²) in [4.78, 5) is 42.8. The average Bonchev–Trinajstić information content (AvgIpc) is 3.35. The first-order chi connectivity index (χ1) is 10.6. The lowest BCUT2D eigenvalue weighted by molar-refractivity contribution is -0.122. The number of amides is 2. The molecule has 8 heteroatoms. The molecule has 2 rings (SSSR count). The minimum Gasteiger partial charge on any atom is -0.357 e. The molecule has 0 aliphatic heterocycles. The molecule has 0 bridgehead atoms. The molecular weight excluding hydrogens is 304 g/mol. The van der Waals surface area contributed by atoms with E-state index in [2.05, 4.69) is 20.6 Å². The van der Waals surface area contributed by atoms with Gasteiger partial charge in [-0.1, -0.05) is 0 Å². The number of nitrogens with one attached hydrogen (secondary N) is 3. The molecule has 7 nitrogen and oxygen atoms in total. The number of carbonyl (C=O) groups excluding carboxylic acids is 2. The van der Waals surface area contributed by atoms with Crippen molar-refractivity contribution < 1.29 is 9.59 Å². The zero-order valence-corrected chi connectivity index (χ0v) is 13.5. The topological polar surface area (TPSA) is 104 Å². The summed E-state index contributed by atoms with van der Waals surface area (Å²) in [6, 6.07) is -0.660. The molecule has 0 spiro atoms. The van der Waals surface area contributed by atoms with Crippen molar-refractivity contribution in [2.45, 2.75) is 31.2 Å². The highest BCUT2D eigenvalue weighted by molar-refractivity contribution is 7.98. The number of H-pyrrole nitrogens is 1. The lowest BCUT2D eigenvalue weighted by Gasteiger charge is -2.16. The van der Waals surface area contributed by atoms with Crippen LogP contribution in [-0.4, -0.2) is 46.9 Å². The second-order valence-electron chi connectivity index (χ2n) is 5.21. The molecule has 1 aromatic rings. The van der Waals surface area contributed by atoms with E-state index in [0.717, 1.165) is 18.6 Å². The van der Waals surface area contributed by atoms with Gasteiger partial charge in [-0.25, -0.2) is 4.98 Å². The molecular formula is C14H20N4O3S. The highest BCUT2D eigenvalue weighted by atomic mass is 32.2. The van der Waals surface area contributed by atoms with Gasteiger partial charge >= 0.3 is 0 Å². The molecule has 1 aliphatic rings. The van der Waals surface area contributed by atoms with Gasteiger partial charge in [0.2, 0.25) is 5.91 Å². The predicted octanol–water partition coefficient (Wildman–Crippen LogP) is 0.245. The van der Waals surface area contributed by atoms with Crippen LogP contribution in [-0.2, 0) is 4.79 Å². The van der Waals surface area contributed by atoms with Crippen LogP contribution in [0.2, 0.25) is 0 Å². The fourth-order valence-corrected chi connectivity index (χ4v) is 2.52. The van der Waals surface area contributed by atoms with E-state index in [-0.39, 0.29) is 11.5 Å². The lowest BCUT2D eigenvalue weighted by atomic mass is 10.2. The summed E-state index contributed by atoms with van der Waals surface area (Å²) in [5.41, 5.74) is -0.530. The molecule has 1 aliphatic carbocycles. The van der Waals surface area contributed by atoms with Gasteiger partial charge in [-0.05, 0) is 31.3 Å². The van der Waals surface area contributed by atoms with Gasteiger partial charge in [0.1, 0.15) is 17.4 Å². The van der Waals surface area contributed by atoms with E-state index in [1.807, 2.05) is 6.26 Å². The summed E-state index contributed by atoms with van der Waals surface area (Å²) in [6.45, 7) is 0. The van der Waals surface area contributed by atoms with Crippen LogP contribution in [0.25, 0.3) is 0 Å². The van der Waals surface area contributed by atoms with Crippen LogP contribution in [0.3, 0.4) is 0 Å². The van der Waals surface area contributed by atoms with E-state index in [1.165, 1.54) is 13.2 Å². The fourth-order valence-electron chi connectivity index (χ4n) is 2.05. The quantitative estimate of drug-likeness (QED) is 0.667. The fraction of sp³-hybridized carbons (Fsp3) is 0.571. The third kappa shape index (κ3) is 4.09. The Morgan fingerprint density at radius 1 is 1.50 bits per heavy atom. The number of thioether (sulfide) groups is 1. The monoisotopic (exact) mass is 324 g/mol. The third-order valence-corrected chi connectivity index (χ3v) is 4.15. The summed E-state index contributed by atoms with van der Waals surface area (Å²) in [6.07, 6.45) is 5.74. The predicted molar refractivity (Wildman–Crippen MR) is 85.2 cm³/mol. The van der Waals surface area contributed by atoms with Crippen molar-refractivity contribution in [2.75, 3.05) is 19.1 Å². The summed E-state index contributed by atoms with van der Waals surface area (Å²) in [7, 11) is 1.51. The number of hydrogen-bond acceptors (Lipinski definition) is 5. The van der Waals surface area contributed by atoms with E-state index >= 15 is 0 Å². The van der Waals surface area contributed by atoms with Crippen LogP contribution in [0.5, 0.6) is 0 Å². The van der Waals surface area contributed by atoms with Gasteiger partial charge in [-0.15, -0.1) is 0 Å². The zero-order chi connectivity index (χ0) is 16.1. The Labute approximate surface area is 132 Å². The van der Waals surface area contributed by atoms with Gasteiger partial charge in [0.05, 0.1) is 0 Å². The summed E-state index contributed by atoms with van der Waals surface area (Å²) < 4.78 is 0. The SMILES string of the molecule is CNC(=O)[C@H](CCSC)NC(=O)c1cnc(C2CC2)[nH]c1=O. The highest BCUT2D eigenvalue weighted by Crippen LogP contribution is 2.37. The van der Waals surface area contributed by atoms with Crippen LogP contribution in [0.1, 0.15) is 41.4 Å². The number of nitrogens with zero attached hydrogens (tertiary/aromatic N) is 1. The Bertz CT molecular complexity index is 612. The molecule has 3 N–H and O–H groups in total. The molecule has 1 aromatic heterocycles. The summed E-state index contributed by atoms with van der Waals surface area (Å²) >= 11 is 1.58. The van der Waals surface area contributed by atoms with Gasteiger partial charge in [0.15, 0.2) is 0 Å². The van der Waals surface area contributed by atoms with E-state index in [1.54, 1.807) is 11.8 Å². The number of carbonyl (C=O) groups is 2. The third-order valence-electron chi connectivity index (χ3n) is 3.51. The van der Waals surface area contributed by atoms with Crippen LogP contribution in [0, 0.1) is 0 Å². The Morgan fingerprint density at radius 2 is 2.23 bits per heavy atom. The average molecular weight is 324 g/mol. The van der Waals surface area contributed by atoms with E-state index < -0.39 is 17.5 Å². The zero-order valence-electron chi connectivity index (χ0n) is 12.6. The van der Waals surface area contributed by atoms with Crippen molar-refractivity contribution >= 4 is 23.6 Å². The standard InChI is InChI=1S/C14H20N4O3S/c1-15-14(21)10(5-6-22-2)17-12(19)9-7-16-11(8-3-4-8)18-13(9)20/h7-8,10H,3-6H2,1-2H3,(H,15,21)(H,17,19)(H,16,18,20)/t10-/m0/s1. The summed E-state index contributed by atoms with van der Waals surface area (Å²) in [5.74, 6) is 0.817. The molecule has 120 valence electrons. The minimum atomic E-state index is -0.660. The van der Waals surface area contributed by atoms with Crippen molar-refractivity contribution in [1.29, 1.82) is 0 Å². The summed E-state index contributed by atoms with van der Waals surface area (Å²) in [5, 5.41) is 5.11. The van der Waals surface area contributed by atoms with E-state index in [4.69, 9.17) is 0 Å². The maximum Gasteiger partial charge on any atom is 0.263 e. The number of likely N-dealkylation sites (N-methyl/N-ethyl adjacent to an activating group) is 1. The maximum absolute atomic E-state index is 12.2. The van der Waals surface area contributed by atoms with Gasteiger partial charge in [-0.2, -0.15) is 11.8 Å². The highest BCUT2D eigenvalue weighted by Gasteiger charge is 2.27. The van der Waals surface area contributed by atoms with Crippen molar-refractivity contribution in [1.82, 2.24) is 20.6 Å². The van der Waals surface area contributed by atoms with Crippen molar-refractivity contribution in [3.05, 3.63) is 27.9 Å². The van der Waals surface area contributed by atoms with Gasteiger partial charge in [0, 0.05) is 19.2 Å². The van der Waals surface area contributed by atoms with Crippen LogP contribution in [0.15, 0.2) is 11.0 Å². The van der Waals surface area contributed by atoms with Gasteiger partial charge in [0.25, 0.3) is 11.5 Å². The first-order valence-corrected chi connectivity index (χ1v) is 8.56. The van der Waals surface area contributed by atoms with Crippen LogP contribution < -0.4 is 16.2 Å². The molecule has 1 fully saturated rings. The Morgan fingerprint density at radius 3 is 2.77 bits per heavy atom. The van der Waals surface area contributed by atoms with E-state index in [9.17, 15) is 14.4 Å². The Hall–Kier alpha value is -1.83. The smallest absolute Gasteiger partial charge is 0.263 e. The lowest BCUT2D eigenvalue weighted by Crippen LogP contribution is -2.47. The molecule has 2 amide bonds. The second kappa shape index (κ2) is 7.44. The molecule has 0 saturated heterocycles. The van der Waals surface area contributed by atoms with Crippen molar-refractivity contribution in [2.24, 2.45) is 0 Å². The van der Waals surface area contributed by atoms with Gasteiger partial charge in [-0.3, -0.25) is 14.4 Å². The Kier molecular flexibility index (Phi) is 5.59. The molecule has 1 saturated carbocycles. The van der Waals surface area contributed by atoms with Crippen LogP contribution >= 0.6 is 11.8 Å². The normalized spacial score (nSPS) is 15.2. The van der Waals surface area contributed by atoms with Crippen molar-refractivity contribution in [3.8, 4) is 0 Å². The molecule has 1 heterocycles. The second-order valence-corrected chi connectivity index (χ2v) is 6.19. The van der Waals surface area contributed by atoms with Crippen LogP contribution in [0.4, 0.5) is 0 Å². The first kappa shape index (κ1) is 16.5. The number of aromatic amines is 1. The molecule has 0 radical (unpaired) electrons. The molecule has 0 aromatic carbocycles. The largest absolute Gasteiger partial charge is 0.357 e. The minimum absolute atomic E-state index is 0.0672. The van der Waals surface area contributed by atoms with Gasteiger partial charge < -0.3 is 15.6 Å². The first-order valence-electron chi connectivity index (χ1n) is 7.17. The number of hydrogen-bond donors (Lipinski definition) is 3. The molecule has 1 atom stereocenters. The Balaban J connectivity index is 2.08. The van der Waals surface area contributed by atoms with Crippen molar-refractivity contribution in [3.63, 3.8) is 0 Å².